The van der Waals surface area contributed by atoms with Crippen LogP contribution in [0, 0.1) is 0 Å². The van der Waals surface area contributed by atoms with Crippen molar-refractivity contribution in [1.29, 1.82) is 0 Å². The van der Waals surface area contributed by atoms with Crippen LogP contribution in [-0.2, 0) is 4.79 Å². The largest absolute Gasteiger partial charge is 1.00 e. The van der Waals surface area contributed by atoms with Crippen molar-refractivity contribution in [3.05, 3.63) is 41.6 Å². The number of carbonyl (C=O) groups excluding carboxylic acids is 1. The van der Waals surface area contributed by atoms with Gasteiger partial charge in [-0.25, -0.2) is 0 Å². The third kappa shape index (κ3) is 4.12. The number of hydrogen-bond donors (Lipinski definition) is 1. The van der Waals surface area contributed by atoms with Crippen molar-refractivity contribution in [3.8, 4) is 0 Å². The topological polar surface area (TPSA) is 66.2 Å². The maximum Gasteiger partial charge on any atom is 1.00 e. The molecule has 62 valence electrons. The van der Waals surface area contributed by atoms with Crippen molar-refractivity contribution < 1.29 is 39.5 Å². The van der Waals surface area contributed by atoms with E-state index in [9.17, 15) is 9.90 Å². The molecule has 0 amide bonds. The number of hydrogen-bond acceptors (Lipinski definition) is 3. The predicted molar refractivity (Wildman–Crippen MR) is 43.6 cm³/mol. The number of nitrogens with two attached hydrogens (primary N) is 1. The summed E-state index contributed by atoms with van der Waals surface area (Å²) in [6.07, 6.45) is 1.36. The van der Waals surface area contributed by atoms with Crippen LogP contribution in [0.15, 0.2) is 36.0 Å². The molecule has 0 saturated carbocycles. The van der Waals surface area contributed by atoms with Crippen LogP contribution >= 0.6 is 0 Å². The first kappa shape index (κ1) is 12.2. The van der Waals surface area contributed by atoms with Crippen LogP contribution in [0.3, 0.4) is 0 Å². The second-order valence-corrected chi connectivity index (χ2v) is 2.30. The summed E-state index contributed by atoms with van der Waals surface area (Å²) in [5.41, 5.74) is 5.63. The van der Waals surface area contributed by atoms with Crippen LogP contribution in [0.4, 0.5) is 0 Å². The molecule has 0 unspecified atom stereocenters. The molecule has 1 rings (SSSR count). The molecule has 0 saturated heterocycles. The van der Waals surface area contributed by atoms with E-state index in [4.69, 9.17) is 5.73 Å². The first-order valence-corrected chi connectivity index (χ1v) is 3.43. The Labute approximate surface area is 98.5 Å². The van der Waals surface area contributed by atoms with Gasteiger partial charge < -0.3 is 15.6 Å². The number of aliphatic carboxylic acids is 1. The van der Waals surface area contributed by atoms with Gasteiger partial charge in [-0.3, -0.25) is 0 Å². The fourth-order valence-corrected chi connectivity index (χ4v) is 0.788. The molecular weight excluding hydrogens is 177 g/mol. The van der Waals surface area contributed by atoms with E-state index >= 15 is 0 Å². The molecule has 1 aromatic rings. The third-order valence-electron chi connectivity index (χ3n) is 1.36. The Kier molecular flexibility index (Phi) is 5.46. The molecule has 0 radical (unpaired) electrons. The molecular formula is C9H8NNaO2. The van der Waals surface area contributed by atoms with Crippen LogP contribution in [0.25, 0.3) is 6.08 Å². The first-order valence-electron chi connectivity index (χ1n) is 3.43. The van der Waals surface area contributed by atoms with Crippen molar-refractivity contribution in [1.82, 2.24) is 0 Å². The Morgan fingerprint density at radius 2 is 1.85 bits per heavy atom. The number of rotatable bonds is 2. The fraction of sp³-hybridized carbons (Fsp3) is 0. The number of carboxylic acid groups (broad SMARTS) is 1. The Morgan fingerprint density at radius 3 is 2.31 bits per heavy atom. The van der Waals surface area contributed by atoms with Crippen LogP contribution in [0.2, 0.25) is 0 Å². The van der Waals surface area contributed by atoms with E-state index in [-0.39, 0.29) is 35.3 Å². The fourth-order valence-electron chi connectivity index (χ4n) is 0.788. The monoisotopic (exact) mass is 185 g/mol. The SMILES string of the molecule is N/C(=C\c1ccccc1)C(=O)[O-].[Na+]. The summed E-state index contributed by atoms with van der Waals surface area (Å²) in [4.78, 5) is 10.2. The van der Waals surface area contributed by atoms with E-state index in [1.165, 1.54) is 6.08 Å². The Balaban J connectivity index is 0.00000144. The smallest absolute Gasteiger partial charge is 0.543 e. The quantitative estimate of drug-likeness (QED) is 0.388. The van der Waals surface area contributed by atoms with Gasteiger partial charge in [-0.2, -0.15) is 0 Å². The molecule has 0 heterocycles. The molecule has 0 aromatic heterocycles. The zero-order valence-electron chi connectivity index (χ0n) is 7.36. The molecule has 0 aliphatic heterocycles. The minimum absolute atomic E-state index is 0. The van der Waals surface area contributed by atoms with Crippen molar-refractivity contribution >= 4 is 12.0 Å². The molecule has 0 atom stereocenters. The molecule has 2 N–H and O–H groups in total. The molecule has 13 heavy (non-hydrogen) atoms. The number of carbonyl (C=O) groups is 1. The van der Waals surface area contributed by atoms with Gasteiger partial charge in [-0.05, 0) is 11.6 Å². The molecule has 0 fully saturated rings. The van der Waals surface area contributed by atoms with Crippen molar-refractivity contribution in [2.75, 3.05) is 0 Å². The summed E-state index contributed by atoms with van der Waals surface area (Å²) in [6.45, 7) is 0. The summed E-state index contributed by atoms with van der Waals surface area (Å²) in [5, 5.41) is 10.2. The van der Waals surface area contributed by atoms with Gasteiger partial charge in [-0.1, -0.05) is 30.3 Å². The summed E-state index contributed by atoms with van der Waals surface area (Å²) in [7, 11) is 0. The zero-order valence-corrected chi connectivity index (χ0v) is 9.36. The van der Waals surface area contributed by atoms with Crippen LogP contribution < -0.4 is 40.4 Å². The molecule has 0 aliphatic carbocycles. The molecule has 3 nitrogen and oxygen atoms in total. The standard InChI is InChI=1S/C9H9NO2.Na/c10-8(9(11)12)6-7-4-2-1-3-5-7;/h1-6H,10H2,(H,11,12);/q;+1/p-1/b8-6-;. The van der Waals surface area contributed by atoms with Crippen LogP contribution in [-0.4, -0.2) is 5.97 Å². The van der Waals surface area contributed by atoms with Gasteiger partial charge in [-0.15, -0.1) is 0 Å². The van der Waals surface area contributed by atoms with Gasteiger partial charge in [0.1, 0.15) is 0 Å². The molecule has 0 bridgehead atoms. The summed E-state index contributed by atoms with van der Waals surface area (Å²) < 4.78 is 0. The number of carboxylic acids is 1. The van der Waals surface area contributed by atoms with Crippen molar-refractivity contribution in [3.63, 3.8) is 0 Å². The molecule has 4 heteroatoms. The van der Waals surface area contributed by atoms with Gasteiger partial charge >= 0.3 is 29.6 Å². The first-order chi connectivity index (χ1) is 5.70. The second kappa shape index (κ2) is 5.80. The summed E-state index contributed by atoms with van der Waals surface area (Å²) in [5.74, 6) is -1.35. The molecule has 1 aromatic carbocycles. The van der Waals surface area contributed by atoms with Gasteiger partial charge in [0, 0.05) is 0 Å². The van der Waals surface area contributed by atoms with Gasteiger partial charge in [0.25, 0.3) is 0 Å². The third-order valence-corrected chi connectivity index (χ3v) is 1.36. The minimum atomic E-state index is -1.35. The van der Waals surface area contributed by atoms with E-state index < -0.39 is 5.97 Å². The van der Waals surface area contributed by atoms with Crippen LogP contribution in [0.1, 0.15) is 5.56 Å². The predicted octanol–water partition coefficient (Wildman–Crippen LogP) is -3.26. The summed E-state index contributed by atoms with van der Waals surface area (Å²) in [6, 6.07) is 8.96. The Bertz CT molecular complexity index is 309. The molecule has 0 aliphatic rings. The van der Waals surface area contributed by atoms with E-state index in [0.717, 1.165) is 5.56 Å². The van der Waals surface area contributed by atoms with Gasteiger partial charge in [0.15, 0.2) is 0 Å². The second-order valence-electron chi connectivity index (χ2n) is 2.30. The van der Waals surface area contributed by atoms with Crippen molar-refractivity contribution in [2.24, 2.45) is 5.73 Å². The minimum Gasteiger partial charge on any atom is -0.543 e. The van der Waals surface area contributed by atoms with Gasteiger partial charge in [0.05, 0.1) is 11.7 Å². The van der Waals surface area contributed by atoms with E-state index in [2.05, 4.69) is 0 Å². The van der Waals surface area contributed by atoms with Gasteiger partial charge in [0.2, 0.25) is 0 Å². The van der Waals surface area contributed by atoms with E-state index in [1.54, 1.807) is 24.3 Å². The average molecular weight is 185 g/mol. The maximum atomic E-state index is 10.2. The average Bonchev–Trinajstić information content (AvgIpc) is 2.06. The van der Waals surface area contributed by atoms with E-state index in [1.807, 2.05) is 6.07 Å². The van der Waals surface area contributed by atoms with Crippen LogP contribution in [0.5, 0.6) is 0 Å². The zero-order chi connectivity index (χ0) is 8.97. The van der Waals surface area contributed by atoms with E-state index in [0.29, 0.717) is 0 Å². The van der Waals surface area contributed by atoms with Crippen molar-refractivity contribution in [2.45, 2.75) is 0 Å². The Hall–Kier alpha value is -0.770. The normalized spacial score (nSPS) is 10.3. The number of benzene rings is 1. The molecule has 0 spiro atoms. The maximum absolute atomic E-state index is 10.2. The Morgan fingerprint density at radius 1 is 1.31 bits per heavy atom. The summed E-state index contributed by atoms with van der Waals surface area (Å²) >= 11 is 0.